The van der Waals surface area contributed by atoms with Crippen LogP contribution in [0.15, 0.2) is 0 Å². The van der Waals surface area contributed by atoms with Crippen LogP contribution in [-0.4, -0.2) is 56.4 Å². The molecule has 90 valence electrons. The molecule has 1 rings (SSSR count). The first-order valence-corrected chi connectivity index (χ1v) is 4.89. The molecule has 0 spiro atoms. The molecule has 0 fully saturated rings. The van der Waals surface area contributed by atoms with E-state index >= 15 is 0 Å². The third-order valence-corrected chi connectivity index (χ3v) is 1.98. The van der Waals surface area contributed by atoms with Crippen molar-refractivity contribution in [1.29, 1.82) is 0 Å². The summed E-state index contributed by atoms with van der Waals surface area (Å²) in [6.07, 6.45) is 0. The molecule has 0 aliphatic carbocycles. The van der Waals surface area contributed by atoms with E-state index in [0.717, 1.165) is 0 Å². The molecule has 7 nitrogen and oxygen atoms in total. The van der Waals surface area contributed by atoms with Crippen molar-refractivity contribution in [2.75, 3.05) is 51.7 Å². The number of rotatable bonds is 6. The van der Waals surface area contributed by atoms with Gasteiger partial charge in [0, 0.05) is 27.7 Å². The Bertz CT molecular complexity index is 311. The second-order valence-electron chi connectivity index (χ2n) is 3.11. The predicted octanol–water partition coefficient (Wildman–Crippen LogP) is 0.00450. The molecule has 0 unspecified atom stereocenters. The van der Waals surface area contributed by atoms with Crippen molar-refractivity contribution in [3.05, 3.63) is 0 Å². The van der Waals surface area contributed by atoms with Crippen LogP contribution in [0.2, 0.25) is 0 Å². The number of methoxy groups -OCH3 is 2. The summed E-state index contributed by atoms with van der Waals surface area (Å²) in [5, 5.41) is 2.85. The minimum absolute atomic E-state index is 0.290. The zero-order valence-electron chi connectivity index (χ0n) is 10.0. The van der Waals surface area contributed by atoms with Gasteiger partial charge in [0.15, 0.2) is 0 Å². The van der Waals surface area contributed by atoms with Crippen LogP contribution < -0.4 is 15.0 Å². The number of likely N-dealkylation sites (N-methyl/N-ethyl adjacent to an activating group) is 1. The molecule has 0 amide bonds. The average molecular weight is 227 g/mol. The minimum Gasteiger partial charge on any atom is -0.467 e. The molecule has 0 aromatic carbocycles. The fraction of sp³-hybridized carbons (Fsp3) is 0.667. The van der Waals surface area contributed by atoms with Crippen LogP contribution in [0.3, 0.4) is 0 Å². The van der Waals surface area contributed by atoms with Gasteiger partial charge in [-0.05, 0) is 0 Å². The zero-order chi connectivity index (χ0) is 12.0. The molecule has 7 heteroatoms. The Balaban J connectivity index is 2.85. The maximum atomic E-state index is 4.99. The number of nitrogens with zero attached hydrogens (tertiary/aromatic N) is 4. The van der Waals surface area contributed by atoms with Crippen LogP contribution in [0.4, 0.5) is 11.9 Å². The number of ether oxygens (including phenoxy) is 2. The SMILES string of the molecule is CNc1nc(OC)nc(N(C)CCOC)n1. The van der Waals surface area contributed by atoms with E-state index in [1.807, 2.05) is 11.9 Å². The number of hydrogen-bond donors (Lipinski definition) is 1. The predicted molar refractivity (Wildman–Crippen MR) is 61.1 cm³/mol. The third-order valence-electron chi connectivity index (χ3n) is 1.98. The lowest BCUT2D eigenvalue weighted by atomic mass is 10.6. The van der Waals surface area contributed by atoms with Crippen LogP contribution in [-0.2, 0) is 4.74 Å². The highest BCUT2D eigenvalue weighted by atomic mass is 16.5. The largest absolute Gasteiger partial charge is 0.467 e. The molecule has 0 bridgehead atoms. The summed E-state index contributed by atoms with van der Waals surface area (Å²) in [6.45, 7) is 1.31. The Morgan fingerprint density at radius 3 is 2.56 bits per heavy atom. The van der Waals surface area contributed by atoms with Crippen LogP contribution in [0.1, 0.15) is 0 Å². The van der Waals surface area contributed by atoms with Gasteiger partial charge in [-0.1, -0.05) is 0 Å². The first kappa shape index (κ1) is 12.4. The van der Waals surface area contributed by atoms with Crippen molar-refractivity contribution >= 4 is 11.9 Å². The highest BCUT2D eigenvalue weighted by Gasteiger charge is 2.09. The van der Waals surface area contributed by atoms with Crippen molar-refractivity contribution in [2.45, 2.75) is 0 Å². The van der Waals surface area contributed by atoms with E-state index in [-0.39, 0.29) is 0 Å². The summed E-state index contributed by atoms with van der Waals surface area (Å²) in [6, 6.07) is 0.290. The topological polar surface area (TPSA) is 72.4 Å². The quantitative estimate of drug-likeness (QED) is 0.733. The van der Waals surface area contributed by atoms with Gasteiger partial charge in [0.25, 0.3) is 0 Å². The number of nitrogens with one attached hydrogen (secondary N) is 1. The van der Waals surface area contributed by atoms with Crippen molar-refractivity contribution in [3.8, 4) is 6.01 Å². The highest BCUT2D eigenvalue weighted by molar-refractivity contribution is 5.37. The van der Waals surface area contributed by atoms with Crippen molar-refractivity contribution < 1.29 is 9.47 Å². The zero-order valence-corrected chi connectivity index (χ0v) is 10.0. The van der Waals surface area contributed by atoms with E-state index in [1.54, 1.807) is 14.2 Å². The van der Waals surface area contributed by atoms with E-state index < -0.39 is 0 Å². The van der Waals surface area contributed by atoms with Gasteiger partial charge >= 0.3 is 6.01 Å². The lowest BCUT2D eigenvalue weighted by Gasteiger charge is -2.17. The minimum atomic E-state index is 0.290. The van der Waals surface area contributed by atoms with Crippen molar-refractivity contribution in [1.82, 2.24) is 15.0 Å². The molecule has 1 aromatic heterocycles. The molecule has 0 radical (unpaired) electrons. The second-order valence-corrected chi connectivity index (χ2v) is 3.11. The molecular weight excluding hydrogens is 210 g/mol. The standard InChI is InChI=1S/C9H17N5O2/c1-10-7-11-8(13-9(12-7)16-4)14(2)5-6-15-3/h5-6H2,1-4H3,(H,10,11,12,13). The van der Waals surface area contributed by atoms with Gasteiger partial charge in [-0.15, -0.1) is 0 Å². The molecule has 1 heterocycles. The molecule has 0 saturated heterocycles. The first-order chi connectivity index (χ1) is 7.71. The molecule has 0 atom stereocenters. The smallest absolute Gasteiger partial charge is 0.322 e. The van der Waals surface area contributed by atoms with Crippen molar-refractivity contribution in [2.24, 2.45) is 0 Å². The molecule has 0 aliphatic heterocycles. The Morgan fingerprint density at radius 1 is 1.25 bits per heavy atom. The Hall–Kier alpha value is -1.63. The van der Waals surface area contributed by atoms with Gasteiger partial charge in [0.05, 0.1) is 13.7 Å². The van der Waals surface area contributed by atoms with Crippen LogP contribution >= 0.6 is 0 Å². The lowest BCUT2D eigenvalue weighted by Crippen LogP contribution is -2.24. The highest BCUT2D eigenvalue weighted by Crippen LogP contribution is 2.12. The summed E-state index contributed by atoms with van der Waals surface area (Å²) < 4.78 is 9.98. The molecule has 0 aliphatic rings. The number of anilines is 2. The van der Waals surface area contributed by atoms with E-state index in [2.05, 4.69) is 20.3 Å². The first-order valence-electron chi connectivity index (χ1n) is 4.89. The summed E-state index contributed by atoms with van der Waals surface area (Å²) in [4.78, 5) is 14.2. The Labute approximate surface area is 94.8 Å². The molecule has 1 N–H and O–H groups in total. The molecule has 16 heavy (non-hydrogen) atoms. The van der Waals surface area contributed by atoms with Gasteiger partial charge in [0.2, 0.25) is 11.9 Å². The fourth-order valence-electron chi connectivity index (χ4n) is 1.05. The summed E-state index contributed by atoms with van der Waals surface area (Å²) >= 11 is 0. The Kier molecular flexibility index (Phi) is 4.71. The molecule has 1 aromatic rings. The van der Waals surface area contributed by atoms with Gasteiger partial charge in [-0.2, -0.15) is 15.0 Å². The van der Waals surface area contributed by atoms with Crippen LogP contribution in [0, 0.1) is 0 Å². The van der Waals surface area contributed by atoms with E-state index in [9.17, 15) is 0 Å². The number of aromatic nitrogens is 3. The average Bonchev–Trinajstić information content (AvgIpc) is 2.35. The summed E-state index contributed by atoms with van der Waals surface area (Å²) in [5.41, 5.74) is 0. The van der Waals surface area contributed by atoms with E-state index in [4.69, 9.17) is 9.47 Å². The van der Waals surface area contributed by atoms with Gasteiger partial charge < -0.3 is 19.7 Å². The molecular formula is C9H17N5O2. The lowest BCUT2D eigenvalue weighted by molar-refractivity contribution is 0.206. The normalized spacial score (nSPS) is 10.0. The van der Waals surface area contributed by atoms with Gasteiger partial charge in [0.1, 0.15) is 0 Å². The monoisotopic (exact) mass is 227 g/mol. The summed E-state index contributed by atoms with van der Waals surface area (Å²) in [7, 11) is 6.80. The Morgan fingerprint density at radius 2 is 2.00 bits per heavy atom. The van der Waals surface area contributed by atoms with Gasteiger partial charge in [-0.3, -0.25) is 0 Å². The summed E-state index contributed by atoms with van der Waals surface area (Å²) in [5.74, 6) is 1.03. The third kappa shape index (κ3) is 3.20. The number of hydrogen-bond acceptors (Lipinski definition) is 7. The van der Waals surface area contributed by atoms with Crippen LogP contribution in [0.25, 0.3) is 0 Å². The fourth-order valence-corrected chi connectivity index (χ4v) is 1.05. The van der Waals surface area contributed by atoms with Crippen molar-refractivity contribution in [3.63, 3.8) is 0 Å². The maximum absolute atomic E-state index is 4.99. The molecule has 0 saturated carbocycles. The van der Waals surface area contributed by atoms with E-state index in [1.165, 1.54) is 7.11 Å². The second kappa shape index (κ2) is 6.06. The van der Waals surface area contributed by atoms with E-state index in [0.29, 0.717) is 31.1 Å². The van der Waals surface area contributed by atoms with Crippen LogP contribution in [0.5, 0.6) is 6.01 Å². The van der Waals surface area contributed by atoms with Gasteiger partial charge in [-0.25, -0.2) is 0 Å². The maximum Gasteiger partial charge on any atom is 0.322 e.